The van der Waals surface area contributed by atoms with E-state index in [-0.39, 0.29) is 24.3 Å². The summed E-state index contributed by atoms with van der Waals surface area (Å²) in [4.78, 5) is 39.7. The van der Waals surface area contributed by atoms with Gasteiger partial charge >= 0.3 is 0 Å². The van der Waals surface area contributed by atoms with Crippen molar-refractivity contribution in [3.63, 3.8) is 0 Å². The number of carbonyl (C=O) groups excluding carboxylic acids is 3. The predicted octanol–water partition coefficient (Wildman–Crippen LogP) is 6.84. The summed E-state index contributed by atoms with van der Waals surface area (Å²) >= 11 is 0. The molecule has 0 N–H and O–H groups in total. The van der Waals surface area contributed by atoms with Gasteiger partial charge in [-0.15, -0.1) is 0 Å². The van der Waals surface area contributed by atoms with Crippen molar-refractivity contribution < 1.29 is 23.9 Å². The largest absolute Gasteiger partial charge is 0.497 e. The van der Waals surface area contributed by atoms with Crippen molar-refractivity contribution in [2.75, 3.05) is 27.3 Å². The standard InChI is InChI=1S/C19H17NO2.C18H15NO3/c1-14-17-10-3-4-11-18(17)19(21)20(14)12-6-8-15-7-5-9-16(13-15)22-2;1-22-16-11-5-2-7-13(16)8-6-12-19-17(20)14-9-3-4-10-15(14)18(19)21/h3-11,13H,1,12H2,2H3;2-11H,12H2,1H3/b2*8-6+. The monoisotopic (exact) mass is 584 g/mol. The number of amides is 3. The summed E-state index contributed by atoms with van der Waals surface area (Å²) in [7, 11) is 3.25. The maximum absolute atomic E-state index is 12.4. The molecule has 0 bridgehead atoms. The highest BCUT2D eigenvalue weighted by molar-refractivity contribution is 6.21. The number of fused-ring (bicyclic) bond motifs is 2. The summed E-state index contributed by atoms with van der Waals surface area (Å²) < 4.78 is 10.5. The highest BCUT2D eigenvalue weighted by Gasteiger charge is 2.34. The van der Waals surface area contributed by atoms with Gasteiger partial charge in [-0.1, -0.05) is 91.5 Å². The van der Waals surface area contributed by atoms with Gasteiger partial charge in [0.15, 0.2) is 0 Å². The summed E-state index contributed by atoms with van der Waals surface area (Å²) in [5.74, 6) is 1.09. The summed E-state index contributed by atoms with van der Waals surface area (Å²) in [6, 6.07) is 29.8. The third kappa shape index (κ3) is 6.22. The minimum atomic E-state index is -0.245. The van der Waals surface area contributed by atoms with Crippen molar-refractivity contribution in [1.82, 2.24) is 9.80 Å². The zero-order valence-corrected chi connectivity index (χ0v) is 24.6. The van der Waals surface area contributed by atoms with E-state index in [1.807, 2.05) is 91.0 Å². The first kappa shape index (κ1) is 29.8. The molecule has 0 fully saturated rings. The lowest BCUT2D eigenvalue weighted by molar-refractivity contribution is 0.0671. The quantitative estimate of drug-likeness (QED) is 0.212. The fraction of sp³-hybridized carbons (Fsp3) is 0.108. The second-order valence-corrected chi connectivity index (χ2v) is 10.00. The van der Waals surface area contributed by atoms with Crippen LogP contribution >= 0.6 is 0 Å². The number of hydrogen-bond acceptors (Lipinski definition) is 5. The molecular formula is C37H32N2O5. The van der Waals surface area contributed by atoms with Crippen LogP contribution in [0.25, 0.3) is 17.8 Å². The average molecular weight is 585 g/mol. The smallest absolute Gasteiger partial charge is 0.261 e. The third-order valence-corrected chi connectivity index (χ3v) is 7.33. The number of benzene rings is 4. The van der Waals surface area contributed by atoms with Crippen molar-refractivity contribution in [3.05, 3.63) is 149 Å². The molecule has 2 aliphatic heterocycles. The molecule has 44 heavy (non-hydrogen) atoms. The Morgan fingerprint density at radius 3 is 1.80 bits per heavy atom. The number of para-hydroxylation sites is 1. The molecular weight excluding hydrogens is 552 g/mol. The van der Waals surface area contributed by atoms with Gasteiger partial charge in [0.1, 0.15) is 11.5 Å². The molecule has 0 unspecified atom stereocenters. The molecule has 2 heterocycles. The molecule has 0 atom stereocenters. The molecule has 7 nitrogen and oxygen atoms in total. The molecule has 0 radical (unpaired) electrons. The number of imide groups is 1. The van der Waals surface area contributed by atoms with Gasteiger partial charge in [-0.3, -0.25) is 19.3 Å². The van der Waals surface area contributed by atoms with Crippen molar-refractivity contribution >= 4 is 35.6 Å². The van der Waals surface area contributed by atoms with Gasteiger partial charge < -0.3 is 14.4 Å². The molecule has 4 aromatic carbocycles. The Labute approximate surface area is 257 Å². The number of nitrogens with zero attached hydrogens (tertiary/aromatic N) is 2. The molecule has 7 heteroatoms. The Morgan fingerprint density at radius 2 is 1.16 bits per heavy atom. The number of ether oxygens (including phenoxy) is 2. The maximum Gasteiger partial charge on any atom is 0.261 e. The van der Waals surface area contributed by atoms with Gasteiger partial charge in [0.25, 0.3) is 17.7 Å². The second-order valence-electron chi connectivity index (χ2n) is 10.00. The molecule has 3 amide bonds. The fourth-order valence-corrected chi connectivity index (χ4v) is 5.06. The van der Waals surface area contributed by atoms with Gasteiger partial charge in [0.05, 0.1) is 25.3 Å². The van der Waals surface area contributed by atoms with Crippen LogP contribution in [0.15, 0.2) is 116 Å². The van der Waals surface area contributed by atoms with Crippen LogP contribution in [0.3, 0.4) is 0 Å². The molecule has 4 aromatic rings. The van der Waals surface area contributed by atoms with Crippen LogP contribution in [0, 0.1) is 0 Å². The van der Waals surface area contributed by atoms with E-state index in [4.69, 9.17) is 9.47 Å². The van der Waals surface area contributed by atoms with Crippen LogP contribution in [-0.4, -0.2) is 54.8 Å². The van der Waals surface area contributed by atoms with Crippen molar-refractivity contribution in [1.29, 1.82) is 0 Å². The molecule has 0 spiro atoms. The van der Waals surface area contributed by atoms with Crippen LogP contribution in [0.4, 0.5) is 0 Å². The van der Waals surface area contributed by atoms with Crippen molar-refractivity contribution in [2.24, 2.45) is 0 Å². The van der Waals surface area contributed by atoms with E-state index in [0.29, 0.717) is 17.7 Å². The van der Waals surface area contributed by atoms with Crippen LogP contribution in [0.5, 0.6) is 11.5 Å². The van der Waals surface area contributed by atoms with E-state index in [1.165, 1.54) is 4.90 Å². The normalized spacial score (nSPS) is 13.8. The minimum absolute atomic E-state index is 0.0101. The first-order valence-corrected chi connectivity index (χ1v) is 14.1. The lowest BCUT2D eigenvalue weighted by Gasteiger charge is -2.14. The van der Waals surface area contributed by atoms with E-state index in [2.05, 4.69) is 6.58 Å². The van der Waals surface area contributed by atoms with E-state index in [1.54, 1.807) is 49.5 Å². The van der Waals surface area contributed by atoms with E-state index in [0.717, 1.165) is 39.4 Å². The zero-order valence-electron chi connectivity index (χ0n) is 24.6. The third-order valence-electron chi connectivity index (χ3n) is 7.33. The Hall–Kier alpha value is -5.69. The Bertz CT molecular complexity index is 1720. The second kappa shape index (κ2) is 13.5. The molecule has 0 saturated carbocycles. The molecule has 220 valence electrons. The molecule has 0 aromatic heterocycles. The van der Waals surface area contributed by atoms with Gasteiger partial charge in [-0.25, -0.2) is 0 Å². The SMILES string of the molecule is C=C1c2ccccc2C(=O)N1C/C=C/c1cccc(OC)c1.COc1ccccc1/C=C/CN1C(=O)c2ccccc2C1=O. The van der Waals surface area contributed by atoms with Crippen LogP contribution in [0.2, 0.25) is 0 Å². The minimum Gasteiger partial charge on any atom is -0.497 e. The highest BCUT2D eigenvalue weighted by Crippen LogP contribution is 2.31. The lowest BCUT2D eigenvalue weighted by Crippen LogP contribution is -2.29. The van der Waals surface area contributed by atoms with Crippen molar-refractivity contribution in [2.45, 2.75) is 0 Å². The molecule has 0 aliphatic carbocycles. The number of hydrogen-bond donors (Lipinski definition) is 0. The van der Waals surface area contributed by atoms with Gasteiger partial charge in [0.2, 0.25) is 0 Å². The lowest BCUT2D eigenvalue weighted by atomic mass is 10.1. The molecule has 0 saturated heterocycles. The summed E-state index contributed by atoms with van der Waals surface area (Å²) in [6.45, 7) is 4.78. The summed E-state index contributed by atoms with van der Waals surface area (Å²) in [5, 5.41) is 0. The summed E-state index contributed by atoms with van der Waals surface area (Å²) in [6.07, 6.45) is 7.58. The predicted molar refractivity (Wildman–Crippen MR) is 172 cm³/mol. The van der Waals surface area contributed by atoms with Gasteiger partial charge in [-0.2, -0.15) is 0 Å². The van der Waals surface area contributed by atoms with Crippen LogP contribution in [0.1, 0.15) is 47.8 Å². The van der Waals surface area contributed by atoms with Gasteiger partial charge in [0, 0.05) is 35.5 Å². The topological polar surface area (TPSA) is 76.2 Å². The average Bonchev–Trinajstić information content (AvgIpc) is 3.46. The Balaban J connectivity index is 0.000000175. The van der Waals surface area contributed by atoms with Gasteiger partial charge in [-0.05, 0) is 42.0 Å². The first-order chi connectivity index (χ1) is 21.4. The van der Waals surface area contributed by atoms with E-state index < -0.39 is 0 Å². The summed E-state index contributed by atoms with van der Waals surface area (Å²) in [5.41, 5.74) is 5.28. The number of methoxy groups -OCH3 is 2. The van der Waals surface area contributed by atoms with Crippen LogP contribution < -0.4 is 9.47 Å². The maximum atomic E-state index is 12.4. The Morgan fingerprint density at radius 1 is 0.614 bits per heavy atom. The number of carbonyl (C=O) groups is 3. The highest BCUT2D eigenvalue weighted by atomic mass is 16.5. The van der Waals surface area contributed by atoms with E-state index in [9.17, 15) is 14.4 Å². The fourth-order valence-electron chi connectivity index (χ4n) is 5.06. The molecule has 2 aliphatic rings. The first-order valence-electron chi connectivity index (χ1n) is 14.1. The zero-order chi connectivity index (χ0) is 31.1. The Kier molecular flexibility index (Phi) is 9.16. The number of rotatable bonds is 8. The van der Waals surface area contributed by atoms with Crippen LogP contribution in [-0.2, 0) is 0 Å². The van der Waals surface area contributed by atoms with Crippen molar-refractivity contribution in [3.8, 4) is 11.5 Å². The molecule has 6 rings (SSSR count). The van der Waals surface area contributed by atoms with E-state index >= 15 is 0 Å².